The number of sulfone groups is 1. The van der Waals surface area contributed by atoms with Gasteiger partial charge in [-0.25, -0.2) is 17.9 Å². The molecule has 1 amide bonds. The average Bonchev–Trinajstić information content (AvgIpc) is 3.14. The molecule has 1 aromatic carbocycles. The van der Waals surface area contributed by atoms with Crippen molar-refractivity contribution in [2.24, 2.45) is 0 Å². The quantitative estimate of drug-likeness (QED) is 0.649. The number of carbonyl (C=O) groups is 1. The third-order valence-electron chi connectivity index (χ3n) is 5.48. The first-order valence-corrected chi connectivity index (χ1v) is 11.4. The van der Waals surface area contributed by atoms with E-state index in [1.165, 1.54) is 12.6 Å². The Bertz CT molecular complexity index is 1220. The van der Waals surface area contributed by atoms with Crippen molar-refractivity contribution in [2.75, 3.05) is 17.7 Å². The SMILES string of the molecule is Cc1nc2ncnn2c(C)c1CCC(=O)N1CCCc2cc(S(C)(=O)=O)ccc21. The van der Waals surface area contributed by atoms with Crippen LogP contribution in [0.3, 0.4) is 0 Å². The molecule has 8 nitrogen and oxygen atoms in total. The Hall–Kier alpha value is -2.81. The van der Waals surface area contributed by atoms with Gasteiger partial charge in [0.15, 0.2) is 9.84 Å². The van der Waals surface area contributed by atoms with Crippen molar-refractivity contribution in [3.63, 3.8) is 0 Å². The van der Waals surface area contributed by atoms with Gasteiger partial charge in [0, 0.05) is 36.3 Å². The van der Waals surface area contributed by atoms with E-state index >= 15 is 0 Å². The summed E-state index contributed by atoms with van der Waals surface area (Å²) in [4.78, 5) is 23.7. The highest BCUT2D eigenvalue weighted by Crippen LogP contribution is 2.30. The van der Waals surface area contributed by atoms with Gasteiger partial charge in [-0.3, -0.25) is 4.79 Å². The number of hydrogen-bond donors (Lipinski definition) is 0. The molecule has 0 spiro atoms. The Balaban J connectivity index is 1.56. The third kappa shape index (κ3) is 3.62. The van der Waals surface area contributed by atoms with Crippen LogP contribution in [0.1, 0.15) is 35.4 Å². The van der Waals surface area contributed by atoms with Crippen LogP contribution in [0.2, 0.25) is 0 Å². The minimum absolute atomic E-state index is 0.0237. The van der Waals surface area contributed by atoms with Crippen LogP contribution in [0.15, 0.2) is 29.4 Å². The Morgan fingerprint density at radius 1 is 1.24 bits per heavy atom. The van der Waals surface area contributed by atoms with Crippen molar-refractivity contribution >= 4 is 27.2 Å². The predicted molar refractivity (Wildman–Crippen MR) is 109 cm³/mol. The fraction of sp³-hybridized carbons (Fsp3) is 0.400. The molecule has 0 unspecified atom stereocenters. The lowest BCUT2D eigenvalue weighted by atomic mass is 10.0. The van der Waals surface area contributed by atoms with Crippen molar-refractivity contribution in [3.8, 4) is 0 Å². The highest BCUT2D eigenvalue weighted by Gasteiger charge is 2.24. The fourth-order valence-corrected chi connectivity index (χ4v) is 4.62. The van der Waals surface area contributed by atoms with E-state index in [1.807, 2.05) is 13.8 Å². The zero-order valence-corrected chi connectivity index (χ0v) is 17.5. The minimum Gasteiger partial charge on any atom is -0.312 e. The van der Waals surface area contributed by atoms with Gasteiger partial charge in [-0.2, -0.15) is 10.1 Å². The lowest BCUT2D eigenvalue weighted by Crippen LogP contribution is -2.35. The van der Waals surface area contributed by atoms with E-state index in [9.17, 15) is 13.2 Å². The number of nitrogens with zero attached hydrogens (tertiary/aromatic N) is 5. The molecule has 0 saturated heterocycles. The molecule has 3 aromatic rings. The van der Waals surface area contributed by atoms with Crippen LogP contribution < -0.4 is 4.90 Å². The number of aryl methyl sites for hydroxylation is 3. The summed E-state index contributed by atoms with van der Waals surface area (Å²) in [5.74, 6) is 0.581. The summed E-state index contributed by atoms with van der Waals surface area (Å²) in [6, 6.07) is 5.03. The smallest absolute Gasteiger partial charge is 0.252 e. The lowest BCUT2D eigenvalue weighted by molar-refractivity contribution is -0.118. The van der Waals surface area contributed by atoms with Crippen LogP contribution in [0.4, 0.5) is 5.69 Å². The molecule has 3 heterocycles. The second kappa shape index (κ2) is 7.22. The Kier molecular flexibility index (Phi) is 4.85. The van der Waals surface area contributed by atoms with E-state index < -0.39 is 9.84 Å². The minimum atomic E-state index is -3.27. The number of rotatable bonds is 4. The zero-order chi connectivity index (χ0) is 20.8. The Morgan fingerprint density at radius 3 is 2.79 bits per heavy atom. The van der Waals surface area contributed by atoms with Crippen molar-refractivity contribution in [2.45, 2.75) is 44.4 Å². The van der Waals surface area contributed by atoms with E-state index in [0.717, 1.165) is 41.0 Å². The maximum atomic E-state index is 13.0. The van der Waals surface area contributed by atoms with Crippen molar-refractivity contribution in [1.29, 1.82) is 0 Å². The lowest BCUT2D eigenvalue weighted by Gasteiger charge is -2.30. The predicted octanol–water partition coefficient (Wildman–Crippen LogP) is 2.06. The Labute approximate surface area is 169 Å². The number of amides is 1. The molecular weight excluding hydrogens is 390 g/mol. The summed E-state index contributed by atoms with van der Waals surface area (Å²) in [5.41, 5.74) is 4.51. The van der Waals surface area contributed by atoms with Crippen LogP contribution in [-0.2, 0) is 27.5 Å². The van der Waals surface area contributed by atoms with E-state index in [-0.39, 0.29) is 5.91 Å². The molecule has 1 aliphatic heterocycles. The van der Waals surface area contributed by atoms with E-state index in [2.05, 4.69) is 15.1 Å². The second-order valence-corrected chi connectivity index (χ2v) is 9.46. The summed E-state index contributed by atoms with van der Waals surface area (Å²) in [6.07, 6.45) is 5.16. The van der Waals surface area contributed by atoms with Crippen LogP contribution >= 0.6 is 0 Å². The molecule has 0 fully saturated rings. The molecule has 0 radical (unpaired) electrons. The van der Waals surface area contributed by atoms with Gasteiger partial charge in [0.1, 0.15) is 6.33 Å². The molecule has 152 valence electrons. The normalized spacial score (nSPS) is 14.2. The topological polar surface area (TPSA) is 97.5 Å². The molecule has 4 rings (SSSR count). The number of fused-ring (bicyclic) bond motifs is 2. The third-order valence-corrected chi connectivity index (χ3v) is 6.59. The maximum absolute atomic E-state index is 13.0. The molecule has 0 saturated carbocycles. The summed E-state index contributed by atoms with van der Waals surface area (Å²) in [5, 5.41) is 4.19. The number of carbonyl (C=O) groups excluding carboxylic acids is 1. The molecule has 1 aliphatic rings. The first kappa shape index (κ1) is 19.5. The second-order valence-electron chi connectivity index (χ2n) is 7.44. The number of aromatic nitrogens is 4. The van der Waals surface area contributed by atoms with Crippen LogP contribution in [0, 0.1) is 13.8 Å². The first-order chi connectivity index (χ1) is 13.8. The average molecular weight is 414 g/mol. The number of benzene rings is 1. The van der Waals surface area contributed by atoms with Gasteiger partial charge >= 0.3 is 0 Å². The molecule has 9 heteroatoms. The van der Waals surface area contributed by atoms with Gasteiger partial charge in [0.25, 0.3) is 5.78 Å². The molecule has 29 heavy (non-hydrogen) atoms. The van der Waals surface area contributed by atoms with Gasteiger partial charge < -0.3 is 4.90 Å². The molecule has 0 N–H and O–H groups in total. The van der Waals surface area contributed by atoms with Crippen molar-refractivity contribution in [3.05, 3.63) is 47.0 Å². The van der Waals surface area contributed by atoms with E-state index in [4.69, 9.17) is 0 Å². The first-order valence-electron chi connectivity index (χ1n) is 9.55. The van der Waals surface area contributed by atoms with Crippen LogP contribution in [0.5, 0.6) is 0 Å². The number of hydrogen-bond acceptors (Lipinski definition) is 6. The Morgan fingerprint density at radius 2 is 2.03 bits per heavy atom. The van der Waals surface area contributed by atoms with Gasteiger partial charge in [-0.1, -0.05) is 0 Å². The summed E-state index contributed by atoms with van der Waals surface area (Å²) in [6.45, 7) is 4.52. The van der Waals surface area contributed by atoms with Gasteiger partial charge in [0.2, 0.25) is 5.91 Å². The highest BCUT2D eigenvalue weighted by molar-refractivity contribution is 7.90. The van der Waals surface area contributed by atoms with Crippen LogP contribution in [0.25, 0.3) is 5.78 Å². The molecule has 0 atom stereocenters. The van der Waals surface area contributed by atoms with Gasteiger partial charge in [-0.05, 0) is 62.4 Å². The molecule has 0 aliphatic carbocycles. The maximum Gasteiger partial charge on any atom is 0.252 e. The standard InChI is InChI=1S/C20H23N5O3S/c1-13-17(14(2)25-20(23-13)21-12-22-25)7-9-19(26)24-10-4-5-15-11-16(29(3,27)28)6-8-18(15)24/h6,8,11-12H,4-5,7,9-10H2,1-3H3. The van der Waals surface area contributed by atoms with Crippen LogP contribution in [-0.4, -0.2) is 46.7 Å². The fourth-order valence-electron chi connectivity index (χ4n) is 3.95. The molecule has 0 bridgehead atoms. The van der Waals surface area contributed by atoms with Gasteiger partial charge in [-0.15, -0.1) is 0 Å². The van der Waals surface area contributed by atoms with E-state index in [1.54, 1.807) is 27.6 Å². The summed E-state index contributed by atoms with van der Waals surface area (Å²) < 4.78 is 25.4. The summed E-state index contributed by atoms with van der Waals surface area (Å²) in [7, 11) is -3.27. The monoisotopic (exact) mass is 413 g/mol. The molecular formula is C20H23N5O3S. The van der Waals surface area contributed by atoms with Crippen molar-refractivity contribution in [1.82, 2.24) is 19.6 Å². The summed E-state index contributed by atoms with van der Waals surface area (Å²) >= 11 is 0. The molecule has 2 aromatic heterocycles. The largest absolute Gasteiger partial charge is 0.312 e. The number of anilines is 1. The van der Waals surface area contributed by atoms with Gasteiger partial charge in [0.05, 0.1) is 4.90 Å². The highest BCUT2D eigenvalue weighted by atomic mass is 32.2. The van der Waals surface area contributed by atoms with E-state index in [0.29, 0.717) is 30.1 Å². The zero-order valence-electron chi connectivity index (χ0n) is 16.7. The van der Waals surface area contributed by atoms with Crippen molar-refractivity contribution < 1.29 is 13.2 Å².